The number of rotatable bonds is 4. The quantitative estimate of drug-likeness (QED) is 0.623. The lowest BCUT2D eigenvalue weighted by atomic mass is 10.1. The molecule has 3 aromatic rings. The van der Waals surface area contributed by atoms with E-state index in [1.54, 1.807) is 0 Å². The highest BCUT2D eigenvalue weighted by Gasteiger charge is 2.17. The second kappa shape index (κ2) is 7.02. The van der Waals surface area contributed by atoms with Crippen LogP contribution in [0.5, 0.6) is 0 Å². The first-order valence-electron chi connectivity index (χ1n) is 8.79. The Balaban J connectivity index is 1.67. The average molecular weight is 434 g/mol. The number of para-hydroxylation sites is 1. The summed E-state index contributed by atoms with van der Waals surface area (Å²) in [6.45, 7) is 3.68. The zero-order valence-electron chi connectivity index (χ0n) is 13.8. The van der Waals surface area contributed by atoms with Crippen LogP contribution in [0.1, 0.15) is 19.3 Å². The number of halogens is 1. The molecule has 3 nitrogen and oxygen atoms in total. The molecule has 2 aromatic carbocycles. The van der Waals surface area contributed by atoms with Gasteiger partial charge in [0, 0.05) is 31.9 Å². The van der Waals surface area contributed by atoms with Crippen LogP contribution in [0.25, 0.3) is 21.8 Å². The maximum atomic E-state index is 10.7. The van der Waals surface area contributed by atoms with Crippen LogP contribution in [0.4, 0.5) is 0 Å². The van der Waals surface area contributed by atoms with E-state index >= 15 is 0 Å². The molecule has 126 valence electrons. The zero-order chi connectivity index (χ0) is 16.5. The Morgan fingerprint density at radius 3 is 2.50 bits per heavy atom. The largest absolute Gasteiger partial charge is 0.390 e. The summed E-state index contributed by atoms with van der Waals surface area (Å²) in [5, 5.41) is 13.2. The van der Waals surface area contributed by atoms with Crippen molar-refractivity contribution in [3.05, 3.63) is 46.0 Å². The molecule has 0 bridgehead atoms. The second-order valence-corrected chi connectivity index (χ2v) is 8.05. The molecule has 1 aliphatic rings. The van der Waals surface area contributed by atoms with E-state index in [9.17, 15) is 5.11 Å². The van der Waals surface area contributed by atoms with Crippen molar-refractivity contribution in [1.29, 1.82) is 0 Å². The van der Waals surface area contributed by atoms with Gasteiger partial charge < -0.3 is 14.6 Å². The fraction of sp³-hybridized carbons (Fsp3) is 0.400. The van der Waals surface area contributed by atoms with Crippen molar-refractivity contribution in [2.75, 3.05) is 19.6 Å². The number of β-amino-alcohol motifs (C(OH)–C–C–N with tert-alkyl or cyclic N) is 1. The Bertz CT molecular complexity index is 851. The maximum absolute atomic E-state index is 10.7. The number of fused-ring (bicyclic) bond motifs is 3. The molecule has 24 heavy (non-hydrogen) atoms. The number of piperidine rings is 1. The zero-order valence-corrected chi connectivity index (χ0v) is 15.9. The van der Waals surface area contributed by atoms with Gasteiger partial charge in [0.15, 0.2) is 0 Å². The normalized spacial score (nSPS) is 17.6. The Hall–Kier alpha value is -1.11. The predicted octanol–water partition coefficient (Wildman–Crippen LogP) is 4.25. The van der Waals surface area contributed by atoms with Gasteiger partial charge in [0.05, 0.1) is 12.6 Å². The monoisotopic (exact) mass is 434 g/mol. The summed E-state index contributed by atoms with van der Waals surface area (Å²) in [5.74, 6) is 0. The van der Waals surface area contributed by atoms with Gasteiger partial charge in [-0.1, -0.05) is 24.6 Å². The number of aliphatic hydroxyl groups excluding tert-OH is 1. The van der Waals surface area contributed by atoms with Crippen LogP contribution in [0.15, 0.2) is 42.5 Å². The summed E-state index contributed by atoms with van der Waals surface area (Å²) in [6, 6.07) is 15.1. The Kier molecular flexibility index (Phi) is 4.79. The topological polar surface area (TPSA) is 28.4 Å². The molecule has 0 spiro atoms. The molecular weight excluding hydrogens is 411 g/mol. The summed E-state index contributed by atoms with van der Waals surface area (Å²) in [7, 11) is 0. The van der Waals surface area contributed by atoms with Crippen molar-refractivity contribution >= 4 is 44.4 Å². The van der Waals surface area contributed by atoms with Gasteiger partial charge in [0.1, 0.15) is 0 Å². The van der Waals surface area contributed by atoms with Crippen molar-refractivity contribution in [3.8, 4) is 0 Å². The van der Waals surface area contributed by atoms with E-state index in [0.29, 0.717) is 6.54 Å². The minimum atomic E-state index is -0.332. The molecule has 4 heteroatoms. The minimum absolute atomic E-state index is 0.332. The van der Waals surface area contributed by atoms with Crippen LogP contribution >= 0.6 is 22.6 Å². The van der Waals surface area contributed by atoms with E-state index in [2.05, 4.69) is 74.5 Å². The lowest BCUT2D eigenvalue weighted by molar-refractivity contribution is 0.0901. The number of hydrogen-bond acceptors (Lipinski definition) is 2. The first kappa shape index (κ1) is 16.4. The lowest BCUT2D eigenvalue weighted by Crippen LogP contribution is -2.38. The highest BCUT2D eigenvalue weighted by Crippen LogP contribution is 2.30. The molecule has 0 amide bonds. The molecule has 0 aliphatic carbocycles. The van der Waals surface area contributed by atoms with Gasteiger partial charge in [-0.05, 0) is 72.8 Å². The van der Waals surface area contributed by atoms with Crippen LogP contribution in [-0.4, -0.2) is 40.3 Å². The smallest absolute Gasteiger partial charge is 0.0845 e. The number of aliphatic hydroxyl groups is 1. The summed E-state index contributed by atoms with van der Waals surface area (Å²) in [4.78, 5) is 2.41. The summed E-state index contributed by atoms with van der Waals surface area (Å²) < 4.78 is 3.53. The van der Waals surface area contributed by atoms with Gasteiger partial charge in [-0.15, -0.1) is 0 Å². The third-order valence-electron chi connectivity index (χ3n) is 5.05. The molecule has 0 radical (unpaired) electrons. The molecule has 1 aromatic heterocycles. The number of hydrogen-bond donors (Lipinski definition) is 1. The standard InChI is InChI=1S/C20H23IN2O/c21-15-8-9-20-18(12-15)17-6-2-3-7-19(17)23(20)14-16(24)13-22-10-4-1-5-11-22/h2-3,6-9,12,16,24H,1,4-5,10-11,13-14H2/t16-/m1/s1. The van der Waals surface area contributed by atoms with E-state index < -0.39 is 0 Å². The van der Waals surface area contributed by atoms with Crippen LogP contribution < -0.4 is 0 Å². The lowest BCUT2D eigenvalue weighted by Gasteiger charge is -2.28. The van der Waals surface area contributed by atoms with Gasteiger partial charge in [-0.3, -0.25) is 0 Å². The predicted molar refractivity (Wildman–Crippen MR) is 108 cm³/mol. The fourth-order valence-electron chi connectivity index (χ4n) is 3.93. The Morgan fingerprint density at radius 2 is 1.67 bits per heavy atom. The van der Waals surface area contributed by atoms with Crippen molar-refractivity contribution in [2.45, 2.75) is 31.9 Å². The minimum Gasteiger partial charge on any atom is -0.390 e. The number of nitrogens with zero attached hydrogens (tertiary/aromatic N) is 2. The molecule has 1 fully saturated rings. The first-order chi connectivity index (χ1) is 11.7. The van der Waals surface area contributed by atoms with E-state index in [4.69, 9.17) is 0 Å². The van der Waals surface area contributed by atoms with Gasteiger partial charge in [-0.25, -0.2) is 0 Å². The molecule has 1 aliphatic heterocycles. The van der Waals surface area contributed by atoms with Crippen molar-refractivity contribution in [1.82, 2.24) is 9.47 Å². The van der Waals surface area contributed by atoms with Gasteiger partial charge in [0.2, 0.25) is 0 Å². The van der Waals surface area contributed by atoms with E-state index in [1.807, 2.05) is 0 Å². The molecule has 0 saturated carbocycles. The number of benzene rings is 2. The molecule has 1 N–H and O–H groups in total. The third-order valence-corrected chi connectivity index (χ3v) is 5.72. The molecule has 4 rings (SSSR count). The van der Waals surface area contributed by atoms with E-state index in [0.717, 1.165) is 19.6 Å². The van der Waals surface area contributed by atoms with Crippen molar-refractivity contribution < 1.29 is 5.11 Å². The van der Waals surface area contributed by atoms with E-state index in [1.165, 1.54) is 44.6 Å². The SMILES string of the molecule is O[C@H](CN1CCCCC1)Cn1c2ccccc2c2cc(I)ccc21. The van der Waals surface area contributed by atoms with Gasteiger partial charge in [-0.2, -0.15) is 0 Å². The van der Waals surface area contributed by atoms with E-state index in [-0.39, 0.29) is 6.10 Å². The second-order valence-electron chi connectivity index (χ2n) is 6.80. The van der Waals surface area contributed by atoms with Crippen LogP contribution in [0.3, 0.4) is 0 Å². The first-order valence-corrected chi connectivity index (χ1v) is 9.87. The summed E-state index contributed by atoms with van der Waals surface area (Å²) in [5.41, 5.74) is 2.43. The van der Waals surface area contributed by atoms with Crippen LogP contribution in [0.2, 0.25) is 0 Å². The summed E-state index contributed by atoms with van der Waals surface area (Å²) >= 11 is 2.37. The Morgan fingerprint density at radius 1 is 0.917 bits per heavy atom. The molecular formula is C20H23IN2O. The fourth-order valence-corrected chi connectivity index (χ4v) is 4.42. The van der Waals surface area contributed by atoms with Gasteiger partial charge >= 0.3 is 0 Å². The average Bonchev–Trinajstić information content (AvgIpc) is 2.89. The molecule has 1 atom stereocenters. The highest BCUT2D eigenvalue weighted by atomic mass is 127. The van der Waals surface area contributed by atoms with Crippen molar-refractivity contribution in [3.63, 3.8) is 0 Å². The third kappa shape index (κ3) is 3.19. The van der Waals surface area contributed by atoms with Crippen molar-refractivity contribution in [2.24, 2.45) is 0 Å². The molecule has 0 unspecified atom stereocenters. The highest BCUT2D eigenvalue weighted by molar-refractivity contribution is 14.1. The molecule has 2 heterocycles. The Labute approximate surface area is 156 Å². The van der Waals surface area contributed by atoms with Crippen LogP contribution in [0, 0.1) is 3.57 Å². The van der Waals surface area contributed by atoms with Crippen LogP contribution in [-0.2, 0) is 6.54 Å². The summed E-state index contributed by atoms with van der Waals surface area (Å²) in [6.07, 6.45) is 3.53. The number of likely N-dealkylation sites (tertiary alicyclic amines) is 1. The molecule has 1 saturated heterocycles. The number of aromatic nitrogens is 1. The maximum Gasteiger partial charge on any atom is 0.0845 e. The van der Waals surface area contributed by atoms with Gasteiger partial charge in [0.25, 0.3) is 0 Å².